The molecule has 0 radical (unpaired) electrons. The molecule has 4 heteroatoms. The molecule has 2 rings (SSSR count). The average molecular weight is 237 g/mol. The van der Waals surface area contributed by atoms with Gasteiger partial charge in [0.15, 0.2) is 0 Å². The van der Waals surface area contributed by atoms with E-state index in [0.29, 0.717) is 11.7 Å². The van der Waals surface area contributed by atoms with E-state index in [-0.39, 0.29) is 0 Å². The SMILES string of the molecule is CCC1CCCC(n2cc(C(C)(C)O)nn2)C1. The first-order chi connectivity index (χ1) is 8.00. The fourth-order valence-electron chi connectivity index (χ4n) is 2.61. The van der Waals surface area contributed by atoms with Crippen molar-refractivity contribution in [2.45, 2.75) is 64.5 Å². The zero-order valence-electron chi connectivity index (χ0n) is 11.1. The first kappa shape index (κ1) is 12.6. The largest absolute Gasteiger partial charge is 0.384 e. The third-order valence-electron chi connectivity index (χ3n) is 3.84. The Morgan fingerprint density at radius 1 is 1.47 bits per heavy atom. The van der Waals surface area contributed by atoms with Crippen LogP contribution in [0.5, 0.6) is 0 Å². The van der Waals surface area contributed by atoms with Crippen molar-refractivity contribution < 1.29 is 5.11 Å². The number of nitrogens with zero attached hydrogens (tertiary/aromatic N) is 3. The van der Waals surface area contributed by atoms with Gasteiger partial charge in [0, 0.05) is 0 Å². The lowest BCUT2D eigenvalue weighted by atomic mass is 9.84. The van der Waals surface area contributed by atoms with Crippen molar-refractivity contribution in [2.75, 3.05) is 0 Å². The van der Waals surface area contributed by atoms with E-state index in [0.717, 1.165) is 5.92 Å². The zero-order chi connectivity index (χ0) is 12.5. The highest BCUT2D eigenvalue weighted by atomic mass is 16.3. The van der Waals surface area contributed by atoms with Gasteiger partial charge < -0.3 is 5.11 Å². The van der Waals surface area contributed by atoms with Crippen LogP contribution in [0, 0.1) is 5.92 Å². The Balaban J connectivity index is 2.09. The molecule has 17 heavy (non-hydrogen) atoms. The van der Waals surface area contributed by atoms with Crippen LogP contribution in [0.1, 0.15) is 64.6 Å². The van der Waals surface area contributed by atoms with E-state index in [2.05, 4.69) is 17.2 Å². The molecule has 0 aliphatic heterocycles. The molecular weight excluding hydrogens is 214 g/mol. The number of hydrogen-bond acceptors (Lipinski definition) is 3. The van der Waals surface area contributed by atoms with Crippen molar-refractivity contribution >= 4 is 0 Å². The van der Waals surface area contributed by atoms with Crippen LogP contribution in [0.4, 0.5) is 0 Å². The fraction of sp³-hybridized carbons (Fsp3) is 0.846. The van der Waals surface area contributed by atoms with Gasteiger partial charge in [-0.1, -0.05) is 31.4 Å². The second kappa shape index (κ2) is 4.77. The van der Waals surface area contributed by atoms with E-state index >= 15 is 0 Å². The van der Waals surface area contributed by atoms with Crippen LogP contribution in [0.3, 0.4) is 0 Å². The predicted octanol–water partition coefficient (Wildman–Crippen LogP) is 2.65. The van der Waals surface area contributed by atoms with Gasteiger partial charge in [0.25, 0.3) is 0 Å². The Hall–Kier alpha value is -0.900. The number of hydrogen-bond donors (Lipinski definition) is 1. The van der Waals surface area contributed by atoms with Crippen molar-refractivity contribution in [1.82, 2.24) is 15.0 Å². The third-order valence-corrected chi connectivity index (χ3v) is 3.84. The molecule has 0 amide bonds. The molecule has 2 unspecified atom stereocenters. The quantitative estimate of drug-likeness (QED) is 0.879. The molecule has 1 saturated carbocycles. The second-order valence-electron chi connectivity index (χ2n) is 5.74. The summed E-state index contributed by atoms with van der Waals surface area (Å²) in [6.07, 6.45) is 8.17. The van der Waals surface area contributed by atoms with Crippen molar-refractivity contribution in [3.8, 4) is 0 Å². The zero-order valence-corrected chi connectivity index (χ0v) is 11.1. The predicted molar refractivity (Wildman–Crippen MR) is 66.6 cm³/mol. The van der Waals surface area contributed by atoms with Crippen LogP contribution in [-0.4, -0.2) is 20.1 Å². The summed E-state index contributed by atoms with van der Waals surface area (Å²) in [4.78, 5) is 0. The van der Waals surface area contributed by atoms with E-state index in [4.69, 9.17) is 0 Å². The van der Waals surface area contributed by atoms with Crippen LogP contribution < -0.4 is 0 Å². The molecule has 0 bridgehead atoms. The summed E-state index contributed by atoms with van der Waals surface area (Å²) in [5, 5.41) is 18.1. The lowest BCUT2D eigenvalue weighted by molar-refractivity contribution is 0.0737. The minimum Gasteiger partial charge on any atom is -0.384 e. The summed E-state index contributed by atoms with van der Waals surface area (Å²) in [6.45, 7) is 5.75. The lowest BCUT2D eigenvalue weighted by Gasteiger charge is -2.28. The van der Waals surface area contributed by atoms with Gasteiger partial charge in [-0.15, -0.1) is 5.10 Å². The van der Waals surface area contributed by atoms with E-state index in [1.54, 1.807) is 13.8 Å². The monoisotopic (exact) mass is 237 g/mol. The Labute approximate surface area is 103 Å². The Bertz CT molecular complexity index is 367. The molecule has 0 spiro atoms. The molecule has 1 aliphatic rings. The maximum absolute atomic E-state index is 9.88. The highest BCUT2D eigenvalue weighted by Crippen LogP contribution is 2.34. The summed E-state index contributed by atoms with van der Waals surface area (Å²) in [5.74, 6) is 0.823. The van der Waals surface area contributed by atoms with Gasteiger partial charge in [0.2, 0.25) is 0 Å². The minimum absolute atomic E-state index is 0.470. The minimum atomic E-state index is -0.892. The van der Waals surface area contributed by atoms with Crippen LogP contribution in [0.25, 0.3) is 0 Å². The molecule has 1 N–H and O–H groups in total. The molecule has 1 fully saturated rings. The van der Waals surface area contributed by atoms with Crippen molar-refractivity contribution in [3.63, 3.8) is 0 Å². The molecule has 0 saturated heterocycles. The number of aliphatic hydroxyl groups is 1. The molecule has 96 valence electrons. The summed E-state index contributed by atoms with van der Waals surface area (Å²) >= 11 is 0. The van der Waals surface area contributed by atoms with Crippen LogP contribution >= 0.6 is 0 Å². The Kier molecular flexibility index (Phi) is 3.52. The second-order valence-corrected chi connectivity index (χ2v) is 5.74. The van der Waals surface area contributed by atoms with Crippen molar-refractivity contribution in [2.24, 2.45) is 5.92 Å². The highest BCUT2D eigenvalue weighted by molar-refractivity contribution is 5.03. The van der Waals surface area contributed by atoms with Crippen LogP contribution in [0.15, 0.2) is 6.20 Å². The standard InChI is InChI=1S/C13H23N3O/c1-4-10-6-5-7-11(8-10)16-9-12(14-15-16)13(2,3)17/h9-11,17H,4-8H2,1-3H3. The van der Waals surface area contributed by atoms with E-state index < -0.39 is 5.60 Å². The van der Waals surface area contributed by atoms with E-state index in [9.17, 15) is 5.11 Å². The fourth-order valence-corrected chi connectivity index (χ4v) is 2.61. The smallest absolute Gasteiger partial charge is 0.114 e. The van der Waals surface area contributed by atoms with Gasteiger partial charge in [-0.2, -0.15) is 0 Å². The Morgan fingerprint density at radius 3 is 2.82 bits per heavy atom. The summed E-state index contributed by atoms with van der Waals surface area (Å²) in [7, 11) is 0. The summed E-state index contributed by atoms with van der Waals surface area (Å²) in [5.41, 5.74) is -0.229. The maximum atomic E-state index is 9.88. The molecule has 0 aromatic carbocycles. The number of aromatic nitrogens is 3. The van der Waals surface area contributed by atoms with Crippen molar-refractivity contribution in [1.29, 1.82) is 0 Å². The third kappa shape index (κ3) is 2.86. The number of rotatable bonds is 3. The van der Waals surface area contributed by atoms with Crippen molar-refractivity contribution in [3.05, 3.63) is 11.9 Å². The molecule has 2 atom stereocenters. The van der Waals surface area contributed by atoms with Crippen LogP contribution in [0.2, 0.25) is 0 Å². The van der Waals surface area contributed by atoms with Gasteiger partial charge in [-0.25, -0.2) is 4.68 Å². The molecule has 1 aromatic heterocycles. The molecule has 1 heterocycles. The van der Waals surface area contributed by atoms with Gasteiger partial charge in [-0.05, 0) is 32.6 Å². The first-order valence-corrected chi connectivity index (χ1v) is 6.65. The maximum Gasteiger partial charge on any atom is 0.114 e. The lowest BCUT2D eigenvalue weighted by Crippen LogP contribution is -2.19. The van der Waals surface area contributed by atoms with Crippen LogP contribution in [-0.2, 0) is 5.60 Å². The Morgan fingerprint density at radius 2 is 2.24 bits per heavy atom. The van der Waals surface area contributed by atoms with Gasteiger partial charge in [0.05, 0.1) is 12.2 Å². The van der Waals surface area contributed by atoms with Gasteiger partial charge in [0.1, 0.15) is 11.3 Å². The molecular formula is C13H23N3O. The van der Waals surface area contributed by atoms with Gasteiger partial charge in [-0.3, -0.25) is 0 Å². The van der Waals surface area contributed by atoms with E-state index in [1.807, 2.05) is 10.9 Å². The summed E-state index contributed by atoms with van der Waals surface area (Å²) < 4.78 is 1.95. The van der Waals surface area contributed by atoms with E-state index in [1.165, 1.54) is 32.1 Å². The highest BCUT2D eigenvalue weighted by Gasteiger charge is 2.25. The van der Waals surface area contributed by atoms with Gasteiger partial charge >= 0.3 is 0 Å². The average Bonchev–Trinajstić information content (AvgIpc) is 2.78. The molecule has 4 nitrogen and oxygen atoms in total. The first-order valence-electron chi connectivity index (χ1n) is 6.65. The summed E-state index contributed by atoms with van der Waals surface area (Å²) in [6, 6.07) is 0.470. The topological polar surface area (TPSA) is 50.9 Å². The molecule has 1 aromatic rings. The molecule has 1 aliphatic carbocycles. The normalized spacial score (nSPS) is 26.1.